The molecule has 0 saturated carbocycles. The van der Waals surface area contributed by atoms with Gasteiger partial charge < -0.3 is 19.7 Å². The van der Waals surface area contributed by atoms with Crippen molar-refractivity contribution in [1.29, 1.82) is 0 Å². The van der Waals surface area contributed by atoms with Crippen molar-refractivity contribution < 1.29 is 31.9 Å². The number of hydrogen-bond donors (Lipinski definition) is 1. The van der Waals surface area contributed by atoms with Gasteiger partial charge >= 0.3 is 0 Å². The Balaban J connectivity index is 1.86. The first kappa shape index (κ1) is 36.9. The minimum atomic E-state index is -4.39. The van der Waals surface area contributed by atoms with Crippen LogP contribution in [-0.2, 0) is 32.6 Å². The molecule has 0 bridgehead atoms. The summed E-state index contributed by atoms with van der Waals surface area (Å²) in [4.78, 5) is 30.0. The van der Waals surface area contributed by atoms with Crippen LogP contribution in [0.1, 0.15) is 43.0 Å². The van der Waals surface area contributed by atoms with Gasteiger partial charge in [0.1, 0.15) is 18.4 Å². The van der Waals surface area contributed by atoms with Gasteiger partial charge in [-0.1, -0.05) is 48.5 Å². The number of anilines is 1. The van der Waals surface area contributed by atoms with Gasteiger partial charge in [-0.3, -0.25) is 13.9 Å². The molecule has 0 aliphatic heterocycles. The summed E-state index contributed by atoms with van der Waals surface area (Å²) in [7, 11) is -1.53. The van der Waals surface area contributed by atoms with Gasteiger partial charge in [-0.2, -0.15) is 0 Å². The molecule has 2 amide bonds. The second-order valence-electron chi connectivity index (χ2n) is 13.0. The van der Waals surface area contributed by atoms with Crippen LogP contribution in [0.4, 0.5) is 10.1 Å². The molecule has 0 saturated heterocycles. The Kier molecular flexibility index (Phi) is 11.7. The molecule has 4 aromatic rings. The largest absolute Gasteiger partial charge is 0.493 e. The number of ether oxygens (including phenoxy) is 2. The molecule has 0 fully saturated rings. The van der Waals surface area contributed by atoms with Crippen LogP contribution in [0, 0.1) is 19.7 Å². The molecule has 9 nitrogen and oxygen atoms in total. The summed E-state index contributed by atoms with van der Waals surface area (Å²) in [5.41, 5.74) is 2.61. The molecule has 49 heavy (non-hydrogen) atoms. The maximum absolute atomic E-state index is 14.7. The molecule has 0 heterocycles. The first-order chi connectivity index (χ1) is 23.1. The number of nitrogens with one attached hydrogen (secondary N) is 1. The standard InChI is InChI=1S/C38H44FN3O6S/c1-26-19-27(2)21-31(20-26)42(49(45,46)32-17-18-34(47-6)35(23-32)48-7)25-36(43)41(24-29-13-15-30(39)16-14-29)33(37(44)40-38(3,4)5)22-28-11-9-8-10-12-28/h8-21,23,33H,22,24-25H2,1-7H3,(H,40,44)/t33-/m1/s1. The molecule has 0 radical (unpaired) electrons. The Morgan fingerprint density at radius 2 is 1.43 bits per heavy atom. The number of methoxy groups -OCH3 is 2. The molecule has 1 N–H and O–H groups in total. The van der Waals surface area contributed by atoms with Crippen LogP contribution >= 0.6 is 0 Å². The van der Waals surface area contributed by atoms with E-state index < -0.39 is 45.8 Å². The maximum Gasteiger partial charge on any atom is 0.264 e. The average Bonchev–Trinajstić information content (AvgIpc) is 3.04. The van der Waals surface area contributed by atoms with Crippen molar-refractivity contribution in [3.8, 4) is 11.5 Å². The highest BCUT2D eigenvalue weighted by Crippen LogP contribution is 2.33. The molecule has 4 rings (SSSR count). The predicted octanol–water partition coefficient (Wildman–Crippen LogP) is 6.21. The zero-order valence-electron chi connectivity index (χ0n) is 29.0. The van der Waals surface area contributed by atoms with Crippen molar-refractivity contribution in [2.24, 2.45) is 0 Å². The van der Waals surface area contributed by atoms with E-state index in [0.29, 0.717) is 11.3 Å². The van der Waals surface area contributed by atoms with Crippen LogP contribution < -0.4 is 19.1 Å². The second-order valence-corrected chi connectivity index (χ2v) is 14.8. The van der Waals surface area contributed by atoms with Crippen LogP contribution in [0.15, 0.2) is 95.9 Å². The summed E-state index contributed by atoms with van der Waals surface area (Å²) in [6, 6.07) is 23.4. The van der Waals surface area contributed by atoms with Gasteiger partial charge in [0, 0.05) is 24.6 Å². The fourth-order valence-corrected chi connectivity index (χ4v) is 6.93. The third kappa shape index (κ3) is 9.60. The smallest absolute Gasteiger partial charge is 0.264 e. The van der Waals surface area contributed by atoms with E-state index in [0.717, 1.165) is 21.0 Å². The van der Waals surface area contributed by atoms with Crippen molar-refractivity contribution in [3.05, 3.63) is 119 Å². The topological polar surface area (TPSA) is 105 Å². The molecule has 0 aromatic heterocycles. The van der Waals surface area contributed by atoms with Crippen molar-refractivity contribution in [2.75, 3.05) is 25.1 Å². The van der Waals surface area contributed by atoms with E-state index in [1.54, 1.807) is 24.3 Å². The number of carbonyl (C=O) groups is 2. The molecule has 0 unspecified atom stereocenters. The number of amides is 2. The highest BCUT2D eigenvalue weighted by molar-refractivity contribution is 7.92. The van der Waals surface area contributed by atoms with E-state index in [1.807, 2.05) is 71.0 Å². The number of sulfonamides is 1. The summed E-state index contributed by atoms with van der Waals surface area (Å²) < 4.78 is 54.7. The highest BCUT2D eigenvalue weighted by atomic mass is 32.2. The van der Waals surface area contributed by atoms with Crippen LogP contribution in [0.5, 0.6) is 11.5 Å². The quantitative estimate of drug-likeness (QED) is 0.179. The Bertz CT molecular complexity index is 1860. The SMILES string of the molecule is COc1ccc(S(=O)(=O)N(CC(=O)N(Cc2ccc(F)cc2)[C@H](Cc2ccccc2)C(=O)NC(C)(C)C)c2cc(C)cc(C)c2)cc1OC. The Morgan fingerprint density at radius 3 is 2.00 bits per heavy atom. The lowest BCUT2D eigenvalue weighted by Crippen LogP contribution is -2.56. The first-order valence-electron chi connectivity index (χ1n) is 15.8. The lowest BCUT2D eigenvalue weighted by Gasteiger charge is -2.35. The van der Waals surface area contributed by atoms with Crippen molar-refractivity contribution >= 4 is 27.5 Å². The maximum atomic E-state index is 14.7. The third-order valence-electron chi connectivity index (χ3n) is 7.75. The van der Waals surface area contributed by atoms with Gasteiger partial charge in [0.05, 0.1) is 24.8 Å². The van der Waals surface area contributed by atoms with Crippen LogP contribution in [-0.4, -0.2) is 57.5 Å². The zero-order valence-corrected chi connectivity index (χ0v) is 29.8. The van der Waals surface area contributed by atoms with E-state index in [1.165, 1.54) is 49.5 Å². The highest BCUT2D eigenvalue weighted by Gasteiger charge is 2.36. The molecule has 11 heteroatoms. The normalized spacial score (nSPS) is 12.2. The van der Waals surface area contributed by atoms with Crippen molar-refractivity contribution in [3.63, 3.8) is 0 Å². The van der Waals surface area contributed by atoms with Crippen LogP contribution in [0.2, 0.25) is 0 Å². The van der Waals surface area contributed by atoms with Gasteiger partial charge in [-0.15, -0.1) is 0 Å². The number of aryl methyl sites for hydroxylation is 2. The third-order valence-corrected chi connectivity index (χ3v) is 9.52. The number of benzene rings is 4. The van der Waals surface area contributed by atoms with Crippen LogP contribution in [0.25, 0.3) is 0 Å². The summed E-state index contributed by atoms with van der Waals surface area (Å²) in [6.45, 7) is 8.50. The lowest BCUT2D eigenvalue weighted by molar-refractivity contribution is -0.140. The molecule has 0 aliphatic rings. The summed E-state index contributed by atoms with van der Waals surface area (Å²) in [6.07, 6.45) is 0.154. The molecule has 4 aromatic carbocycles. The van der Waals surface area contributed by atoms with Gasteiger partial charge in [-0.25, -0.2) is 12.8 Å². The molecular formula is C38H44FN3O6S. The summed E-state index contributed by atoms with van der Waals surface area (Å²) in [5, 5.41) is 3.00. The number of rotatable bonds is 13. The molecule has 0 aliphatic carbocycles. The number of nitrogens with zero attached hydrogens (tertiary/aromatic N) is 2. The number of hydrogen-bond acceptors (Lipinski definition) is 6. The second kappa shape index (κ2) is 15.5. The van der Waals surface area contributed by atoms with E-state index in [-0.39, 0.29) is 29.3 Å². The van der Waals surface area contributed by atoms with Crippen molar-refractivity contribution in [2.45, 2.75) is 64.1 Å². The summed E-state index contributed by atoms with van der Waals surface area (Å²) >= 11 is 0. The molecule has 260 valence electrons. The first-order valence-corrected chi connectivity index (χ1v) is 17.3. The van der Waals surface area contributed by atoms with E-state index in [4.69, 9.17) is 9.47 Å². The molecule has 0 spiro atoms. The minimum Gasteiger partial charge on any atom is -0.493 e. The predicted molar refractivity (Wildman–Crippen MR) is 189 cm³/mol. The number of halogens is 1. The fourth-order valence-electron chi connectivity index (χ4n) is 5.52. The Labute approximate surface area is 288 Å². The van der Waals surface area contributed by atoms with Gasteiger partial charge in [0.2, 0.25) is 11.8 Å². The Hall–Kier alpha value is -4.90. The minimum absolute atomic E-state index is 0.0781. The Morgan fingerprint density at radius 1 is 0.816 bits per heavy atom. The lowest BCUT2D eigenvalue weighted by atomic mass is 10.0. The average molecular weight is 690 g/mol. The number of carbonyl (C=O) groups excluding carboxylic acids is 2. The van der Waals surface area contributed by atoms with E-state index in [2.05, 4.69) is 5.32 Å². The monoisotopic (exact) mass is 689 g/mol. The van der Waals surface area contributed by atoms with Gasteiger partial charge in [0.25, 0.3) is 10.0 Å². The van der Waals surface area contributed by atoms with Crippen molar-refractivity contribution in [1.82, 2.24) is 10.2 Å². The van der Waals surface area contributed by atoms with E-state index >= 15 is 0 Å². The van der Waals surface area contributed by atoms with Crippen LogP contribution in [0.3, 0.4) is 0 Å². The zero-order chi connectivity index (χ0) is 35.9. The molecule has 1 atom stereocenters. The van der Waals surface area contributed by atoms with Gasteiger partial charge in [-0.05, 0) is 93.3 Å². The van der Waals surface area contributed by atoms with E-state index in [9.17, 15) is 22.4 Å². The fraction of sp³-hybridized carbons (Fsp3) is 0.316. The molecular weight excluding hydrogens is 645 g/mol. The summed E-state index contributed by atoms with van der Waals surface area (Å²) in [5.74, 6) is -0.940. The van der Waals surface area contributed by atoms with Gasteiger partial charge in [0.15, 0.2) is 11.5 Å².